The number of para-hydroxylation sites is 1. The fourth-order valence-corrected chi connectivity index (χ4v) is 3.73. The molecule has 2 heteroatoms. The molecule has 2 aliphatic rings. The highest BCUT2D eigenvalue weighted by atomic mass is 15.2. The van der Waals surface area contributed by atoms with Gasteiger partial charge in [-0.2, -0.15) is 0 Å². The first-order valence-electron chi connectivity index (χ1n) is 8.80. The third-order valence-corrected chi connectivity index (χ3v) is 5.00. The maximum Gasteiger partial charge on any atom is 0.0900 e. The summed E-state index contributed by atoms with van der Waals surface area (Å²) in [5, 5.41) is 0. The Hall–Kier alpha value is -1.31. The molecule has 0 spiro atoms. The number of nitrogens with zero attached hydrogens (tertiary/aromatic N) is 2. The van der Waals surface area contributed by atoms with Crippen LogP contribution in [0.3, 0.4) is 0 Å². The van der Waals surface area contributed by atoms with E-state index in [0.717, 1.165) is 0 Å². The minimum absolute atomic E-state index is 0.563. The monoisotopic (exact) mass is 284 g/mol. The van der Waals surface area contributed by atoms with Gasteiger partial charge in [0.15, 0.2) is 0 Å². The number of hydrogen-bond donors (Lipinski definition) is 0. The molecule has 0 heterocycles. The SMILES string of the molecule is C(=NC1CCCCC1)N(c1ccccc1)C1CCCCC1. The van der Waals surface area contributed by atoms with Gasteiger partial charge in [-0.25, -0.2) is 0 Å². The molecular weight excluding hydrogens is 256 g/mol. The molecule has 2 nitrogen and oxygen atoms in total. The summed E-state index contributed by atoms with van der Waals surface area (Å²) < 4.78 is 0. The van der Waals surface area contributed by atoms with Crippen LogP contribution in [-0.2, 0) is 0 Å². The van der Waals surface area contributed by atoms with Crippen LogP contribution >= 0.6 is 0 Å². The zero-order valence-corrected chi connectivity index (χ0v) is 13.1. The van der Waals surface area contributed by atoms with Crippen molar-refractivity contribution in [2.75, 3.05) is 4.90 Å². The average molecular weight is 284 g/mol. The molecule has 0 N–H and O–H groups in total. The topological polar surface area (TPSA) is 15.6 Å². The lowest BCUT2D eigenvalue weighted by molar-refractivity contribution is 0.433. The van der Waals surface area contributed by atoms with E-state index in [0.29, 0.717) is 12.1 Å². The molecule has 0 unspecified atom stereocenters. The molecule has 0 aliphatic heterocycles. The van der Waals surface area contributed by atoms with Gasteiger partial charge in [0.1, 0.15) is 0 Å². The summed E-state index contributed by atoms with van der Waals surface area (Å²) in [6, 6.07) is 12.0. The molecule has 0 aromatic heterocycles. The summed E-state index contributed by atoms with van der Waals surface area (Å²) in [6.07, 6.45) is 15.6. The molecule has 0 atom stereocenters. The summed E-state index contributed by atoms with van der Waals surface area (Å²) in [4.78, 5) is 7.39. The molecule has 2 saturated carbocycles. The maximum atomic E-state index is 4.94. The van der Waals surface area contributed by atoms with Crippen molar-refractivity contribution in [2.24, 2.45) is 4.99 Å². The molecule has 3 rings (SSSR count). The first-order valence-corrected chi connectivity index (χ1v) is 8.80. The summed E-state index contributed by atoms with van der Waals surface area (Å²) in [5.41, 5.74) is 1.31. The lowest BCUT2D eigenvalue weighted by Gasteiger charge is -2.33. The largest absolute Gasteiger partial charge is 0.330 e. The van der Waals surface area contributed by atoms with E-state index in [2.05, 4.69) is 41.6 Å². The second kappa shape index (κ2) is 7.63. The summed E-state index contributed by atoms with van der Waals surface area (Å²) >= 11 is 0. The smallest absolute Gasteiger partial charge is 0.0900 e. The van der Waals surface area contributed by atoms with Crippen molar-refractivity contribution < 1.29 is 0 Å². The van der Waals surface area contributed by atoms with Gasteiger partial charge in [-0.05, 0) is 37.8 Å². The number of rotatable bonds is 4. The summed E-state index contributed by atoms with van der Waals surface area (Å²) in [5.74, 6) is 0. The first-order chi connectivity index (χ1) is 10.4. The molecule has 2 fully saturated rings. The van der Waals surface area contributed by atoms with E-state index in [-0.39, 0.29) is 0 Å². The van der Waals surface area contributed by atoms with Gasteiger partial charge in [-0.3, -0.25) is 4.99 Å². The van der Waals surface area contributed by atoms with Crippen molar-refractivity contribution in [1.29, 1.82) is 0 Å². The molecular formula is C19H28N2. The highest BCUT2D eigenvalue weighted by molar-refractivity contribution is 5.80. The van der Waals surface area contributed by atoms with Gasteiger partial charge in [0.05, 0.1) is 12.4 Å². The maximum absolute atomic E-state index is 4.94. The Morgan fingerprint density at radius 1 is 0.810 bits per heavy atom. The lowest BCUT2D eigenvalue weighted by Crippen LogP contribution is -2.36. The van der Waals surface area contributed by atoms with Gasteiger partial charge in [0.25, 0.3) is 0 Å². The fraction of sp³-hybridized carbons (Fsp3) is 0.632. The van der Waals surface area contributed by atoms with Crippen molar-refractivity contribution in [2.45, 2.75) is 76.3 Å². The van der Waals surface area contributed by atoms with Gasteiger partial charge in [-0.1, -0.05) is 56.7 Å². The molecule has 2 aliphatic carbocycles. The molecule has 0 amide bonds. The van der Waals surface area contributed by atoms with Gasteiger partial charge in [0, 0.05) is 11.7 Å². The lowest BCUT2D eigenvalue weighted by atomic mass is 9.94. The van der Waals surface area contributed by atoms with Gasteiger partial charge in [-0.15, -0.1) is 0 Å². The summed E-state index contributed by atoms with van der Waals surface area (Å²) in [7, 11) is 0. The van der Waals surface area contributed by atoms with Crippen LogP contribution < -0.4 is 4.90 Å². The highest BCUT2D eigenvalue weighted by Gasteiger charge is 2.21. The van der Waals surface area contributed by atoms with Crippen molar-refractivity contribution in [3.8, 4) is 0 Å². The molecule has 1 aromatic carbocycles. The Balaban J connectivity index is 1.73. The normalized spacial score (nSPS) is 21.7. The van der Waals surface area contributed by atoms with E-state index in [4.69, 9.17) is 4.99 Å². The predicted octanol–water partition coefficient (Wildman–Crippen LogP) is 5.19. The minimum Gasteiger partial charge on any atom is -0.330 e. The molecule has 0 radical (unpaired) electrons. The van der Waals surface area contributed by atoms with Crippen LogP contribution in [0.5, 0.6) is 0 Å². The number of hydrogen-bond acceptors (Lipinski definition) is 1. The second-order valence-electron chi connectivity index (χ2n) is 6.59. The standard InChI is InChI=1S/C19H28N2/c1-4-10-17(11-5-1)20-16-21(18-12-6-2-7-13-18)19-14-8-3-9-15-19/h2,6-7,12-13,16-17,19H,1,3-5,8-11,14-15H2. The molecule has 21 heavy (non-hydrogen) atoms. The Kier molecular flexibility index (Phi) is 5.31. The predicted molar refractivity (Wildman–Crippen MR) is 91.2 cm³/mol. The van der Waals surface area contributed by atoms with Crippen LogP contribution in [0.1, 0.15) is 64.2 Å². The summed E-state index contributed by atoms with van der Waals surface area (Å²) in [6.45, 7) is 0. The Morgan fingerprint density at radius 3 is 2.10 bits per heavy atom. The third kappa shape index (κ3) is 4.09. The van der Waals surface area contributed by atoms with Crippen LogP contribution in [0.25, 0.3) is 0 Å². The van der Waals surface area contributed by atoms with Gasteiger partial charge < -0.3 is 4.90 Å². The van der Waals surface area contributed by atoms with Crippen LogP contribution in [0, 0.1) is 0 Å². The zero-order valence-electron chi connectivity index (χ0n) is 13.1. The quantitative estimate of drug-likeness (QED) is 0.549. The molecule has 0 saturated heterocycles. The van der Waals surface area contributed by atoms with Crippen LogP contribution in [0.2, 0.25) is 0 Å². The van der Waals surface area contributed by atoms with Crippen LogP contribution in [0.4, 0.5) is 5.69 Å². The average Bonchev–Trinajstić information content (AvgIpc) is 2.58. The van der Waals surface area contributed by atoms with Gasteiger partial charge in [0.2, 0.25) is 0 Å². The van der Waals surface area contributed by atoms with E-state index in [9.17, 15) is 0 Å². The van der Waals surface area contributed by atoms with Crippen LogP contribution in [0.15, 0.2) is 35.3 Å². The number of aliphatic imine (C=N–C) groups is 1. The zero-order chi connectivity index (χ0) is 14.3. The van der Waals surface area contributed by atoms with E-state index < -0.39 is 0 Å². The molecule has 0 bridgehead atoms. The van der Waals surface area contributed by atoms with Gasteiger partial charge >= 0.3 is 0 Å². The van der Waals surface area contributed by atoms with Crippen molar-refractivity contribution in [3.63, 3.8) is 0 Å². The third-order valence-electron chi connectivity index (χ3n) is 5.00. The number of benzene rings is 1. The van der Waals surface area contributed by atoms with Crippen molar-refractivity contribution in [1.82, 2.24) is 0 Å². The Bertz CT molecular complexity index is 428. The Labute approximate surface area is 129 Å². The Morgan fingerprint density at radius 2 is 1.43 bits per heavy atom. The van der Waals surface area contributed by atoms with Crippen LogP contribution in [-0.4, -0.2) is 18.4 Å². The molecule has 1 aromatic rings. The van der Waals surface area contributed by atoms with E-state index in [1.807, 2.05) is 0 Å². The van der Waals surface area contributed by atoms with Crippen molar-refractivity contribution in [3.05, 3.63) is 30.3 Å². The van der Waals surface area contributed by atoms with E-state index >= 15 is 0 Å². The minimum atomic E-state index is 0.563. The first kappa shape index (κ1) is 14.6. The second-order valence-corrected chi connectivity index (χ2v) is 6.59. The highest BCUT2D eigenvalue weighted by Crippen LogP contribution is 2.27. The number of anilines is 1. The van der Waals surface area contributed by atoms with E-state index in [1.54, 1.807) is 0 Å². The van der Waals surface area contributed by atoms with E-state index in [1.165, 1.54) is 69.9 Å². The fourth-order valence-electron chi connectivity index (χ4n) is 3.73. The molecule has 114 valence electrons. The van der Waals surface area contributed by atoms with Crippen molar-refractivity contribution >= 4 is 12.0 Å².